The molecule has 5 nitrogen and oxygen atoms in total. The Balaban J connectivity index is 1.69. The van der Waals surface area contributed by atoms with Crippen molar-refractivity contribution in [2.45, 2.75) is 32.6 Å². The molecule has 0 atom stereocenters. The Morgan fingerprint density at radius 3 is 2.50 bits per heavy atom. The first-order valence-electron chi connectivity index (χ1n) is 8.57. The molecule has 0 saturated heterocycles. The SMILES string of the molecule is CCC1(CNC(=NC)NCCNC(=O)c2ccccc2F)CCC1. The van der Waals surface area contributed by atoms with Crippen LogP contribution in [0.15, 0.2) is 29.3 Å². The van der Waals surface area contributed by atoms with Crippen LogP contribution in [0.1, 0.15) is 43.0 Å². The van der Waals surface area contributed by atoms with Crippen molar-refractivity contribution < 1.29 is 9.18 Å². The second-order valence-corrected chi connectivity index (χ2v) is 6.30. The van der Waals surface area contributed by atoms with Crippen LogP contribution in [-0.2, 0) is 0 Å². The van der Waals surface area contributed by atoms with Gasteiger partial charge in [-0.15, -0.1) is 0 Å². The summed E-state index contributed by atoms with van der Waals surface area (Å²) in [5.74, 6) is -0.182. The average molecular weight is 334 g/mol. The lowest BCUT2D eigenvalue weighted by atomic mass is 9.67. The van der Waals surface area contributed by atoms with Crippen LogP contribution in [-0.4, -0.2) is 38.5 Å². The fraction of sp³-hybridized carbons (Fsp3) is 0.556. The van der Waals surface area contributed by atoms with Crippen LogP contribution in [0.4, 0.5) is 4.39 Å². The second kappa shape index (κ2) is 8.66. The molecule has 1 aromatic carbocycles. The van der Waals surface area contributed by atoms with E-state index in [2.05, 4.69) is 27.9 Å². The number of hydrogen-bond donors (Lipinski definition) is 3. The fourth-order valence-electron chi connectivity index (χ4n) is 2.92. The molecule has 1 amide bonds. The van der Waals surface area contributed by atoms with E-state index in [9.17, 15) is 9.18 Å². The van der Waals surface area contributed by atoms with Gasteiger partial charge in [0.25, 0.3) is 5.91 Å². The molecule has 24 heavy (non-hydrogen) atoms. The summed E-state index contributed by atoms with van der Waals surface area (Å²) in [6.45, 7) is 4.08. The highest BCUT2D eigenvalue weighted by Gasteiger charge is 2.34. The highest BCUT2D eigenvalue weighted by Crippen LogP contribution is 2.42. The lowest BCUT2D eigenvalue weighted by molar-refractivity contribution is 0.0950. The highest BCUT2D eigenvalue weighted by atomic mass is 19.1. The summed E-state index contributed by atoms with van der Waals surface area (Å²) >= 11 is 0. The van der Waals surface area contributed by atoms with Gasteiger partial charge in [0, 0.05) is 26.7 Å². The number of nitrogens with zero attached hydrogens (tertiary/aromatic N) is 1. The summed E-state index contributed by atoms with van der Waals surface area (Å²) < 4.78 is 13.5. The van der Waals surface area contributed by atoms with Crippen LogP contribution in [0, 0.1) is 11.2 Å². The minimum absolute atomic E-state index is 0.0647. The third kappa shape index (κ3) is 4.69. The smallest absolute Gasteiger partial charge is 0.254 e. The van der Waals surface area contributed by atoms with Crippen LogP contribution in [0.5, 0.6) is 0 Å². The van der Waals surface area contributed by atoms with Crippen LogP contribution < -0.4 is 16.0 Å². The molecular formula is C18H27FN4O. The Hall–Kier alpha value is -2.11. The van der Waals surface area contributed by atoms with Crippen molar-refractivity contribution in [2.24, 2.45) is 10.4 Å². The van der Waals surface area contributed by atoms with Gasteiger partial charge in [-0.05, 0) is 36.8 Å². The molecular weight excluding hydrogens is 307 g/mol. The van der Waals surface area contributed by atoms with Crippen molar-refractivity contribution in [3.05, 3.63) is 35.6 Å². The van der Waals surface area contributed by atoms with Gasteiger partial charge in [0.15, 0.2) is 5.96 Å². The molecule has 1 aliphatic carbocycles. The summed E-state index contributed by atoms with van der Waals surface area (Å²) in [5, 5.41) is 9.23. The molecule has 0 heterocycles. The van der Waals surface area contributed by atoms with Crippen LogP contribution in [0.25, 0.3) is 0 Å². The summed E-state index contributed by atoms with van der Waals surface area (Å²) in [4.78, 5) is 16.1. The zero-order valence-corrected chi connectivity index (χ0v) is 14.5. The largest absolute Gasteiger partial charge is 0.356 e. The van der Waals surface area contributed by atoms with Gasteiger partial charge in [-0.1, -0.05) is 25.5 Å². The van der Waals surface area contributed by atoms with E-state index in [1.807, 2.05) is 0 Å². The van der Waals surface area contributed by atoms with Crippen molar-refractivity contribution in [3.63, 3.8) is 0 Å². The van der Waals surface area contributed by atoms with E-state index in [1.54, 1.807) is 19.2 Å². The third-order valence-corrected chi connectivity index (χ3v) is 4.84. The lowest BCUT2D eigenvalue weighted by Crippen LogP contribution is -2.47. The molecule has 3 N–H and O–H groups in total. The summed E-state index contributed by atoms with van der Waals surface area (Å²) in [7, 11) is 1.73. The lowest BCUT2D eigenvalue weighted by Gasteiger charge is -2.41. The number of aliphatic imine (C=N–C) groups is 1. The first-order valence-corrected chi connectivity index (χ1v) is 8.57. The Kier molecular flexibility index (Phi) is 6.58. The van der Waals surface area contributed by atoms with Crippen molar-refractivity contribution in [2.75, 3.05) is 26.7 Å². The number of rotatable bonds is 7. The van der Waals surface area contributed by atoms with E-state index >= 15 is 0 Å². The Morgan fingerprint density at radius 2 is 1.92 bits per heavy atom. The van der Waals surface area contributed by atoms with Gasteiger partial charge in [0.2, 0.25) is 0 Å². The minimum atomic E-state index is -0.509. The molecule has 2 rings (SSSR count). The Labute approximate surface area is 143 Å². The van der Waals surface area contributed by atoms with Gasteiger partial charge < -0.3 is 16.0 Å². The van der Waals surface area contributed by atoms with Crippen molar-refractivity contribution in [1.29, 1.82) is 0 Å². The number of amides is 1. The van der Waals surface area contributed by atoms with E-state index in [0.717, 1.165) is 12.5 Å². The first kappa shape index (κ1) is 18.2. The molecule has 1 aromatic rings. The molecule has 1 aliphatic rings. The summed E-state index contributed by atoms with van der Waals surface area (Å²) in [5.41, 5.74) is 0.478. The van der Waals surface area contributed by atoms with Crippen LogP contribution in [0.3, 0.4) is 0 Å². The maximum absolute atomic E-state index is 13.5. The quantitative estimate of drug-likeness (QED) is 0.407. The number of benzene rings is 1. The molecule has 0 spiro atoms. The zero-order valence-electron chi connectivity index (χ0n) is 14.5. The zero-order chi connectivity index (χ0) is 17.4. The fourth-order valence-corrected chi connectivity index (χ4v) is 2.92. The molecule has 0 aliphatic heterocycles. The predicted octanol–water partition coefficient (Wildman–Crippen LogP) is 2.30. The summed E-state index contributed by atoms with van der Waals surface area (Å²) in [6, 6.07) is 5.96. The number of guanidine groups is 1. The second-order valence-electron chi connectivity index (χ2n) is 6.30. The minimum Gasteiger partial charge on any atom is -0.356 e. The topological polar surface area (TPSA) is 65.5 Å². The number of nitrogens with one attached hydrogen (secondary N) is 3. The van der Waals surface area contributed by atoms with E-state index in [-0.39, 0.29) is 5.56 Å². The van der Waals surface area contributed by atoms with E-state index in [4.69, 9.17) is 0 Å². The van der Waals surface area contributed by atoms with Crippen LogP contribution >= 0.6 is 0 Å². The van der Waals surface area contributed by atoms with E-state index in [0.29, 0.717) is 18.5 Å². The number of halogens is 1. The molecule has 0 aromatic heterocycles. The Bertz CT molecular complexity index is 579. The molecule has 0 radical (unpaired) electrons. The van der Waals surface area contributed by atoms with Gasteiger partial charge in [-0.25, -0.2) is 4.39 Å². The number of carbonyl (C=O) groups is 1. The molecule has 132 valence electrons. The van der Waals surface area contributed by atoms with Gasteiger partial charge >= 0.3 is 0 Å². The van der Waals surface area contributed by atoms with Crippen molar-refractivity contribution >= 4 is 11.9 Å². The standard InChI is InChI=1S/C18H27FN4O/c1-3-18(9-6-10-18)13-23-17(20-2)22-12-11-21-16(24)14-7-4-5-8-15(14)19/h4-5,7-8H,3,6,9-13H2,1-2H3,(H,21,24)(H2,20,22,23). The monoisotopic (exact) mass is 334 g/mol. The van der Waals surface area contributed by atoms with E-state index in [1.165, 1.54) is 37.8 Å². The van der Waals surface area contributed by atoms with Crippen molar-refractivity contribution in [1.82, 2.24) is 16.0 Å². The molecule has 6 heteroatoms. The van der Waals surface area contributed by atoms with E-state index < -0.39 is 11.7 Å². The van der Waals surface area contributed by atoms with Gasteiger partial charge in [-0.3, -0.25) is 9.79 Å². The number of hydrogen-bond acceptors (Lipinski definition) is 2. The van der Waals surface area contributed by atoms with Gasteiger partial charge in [0.05, 0.1) is 5.56 Å². The number of carbonyl (C=O) groups excluding carboxylic acids is 1. The maximum Gasteiger partial charge on any atom is 0.254 e. The third-order valence-electron chi connectivity index (χ3n) is 4.84. The average Bonchev–Trinajstić information content (AvgIpc) is 2.56. The maximum atomic E-state index is 13.5. The van der Waals surface area contributed by atoms with Gasteiger partial charge in [0.1, 0.15) is 5.82 Å². The molecule has 0 unspecified atom stereocenters. The summed E-state index contributed by atoms with van der Waals surface area (Å²) in [6.07, 6.45) is 5.03. The van der Waals surface area contributed by atoms with Gasteiger partial charge in [-0.2, -0.15) is 0 Å². The Morgan fingerprint density at radius 1 is 1.21 bits per heavy atom. The highest BCUT2D eigenvalue weighted by molar-refractivity contribution is 5.94. The first-order chi connectivity index (χ1) is 11.6. The molecule has 0 bridgehead atoms. The predicted molar refractivity (Wildman–Crippen MR) is 94.7 cm³/mol. The normalized spacial score (nSPS) is 16.2. The molecule has 1 fully saturated rings. The van der Waals surface area contributed by atoms with Crippen LogP contribution in [0.2, 0.25) is 0 Å². The molecule has 1 saturated carbocycles. The van der Waals surface area contributed by atoms with Crippen molar-refractivity contribution in [3.8, 4) is 0 Å².